The van der Waals surface area contributed by atoms with Crippen LogP contribution in [0.3, 0.4) is 0 Å². The number of carboxylic acid groups (broad SMARTS) is 1. The Morgan fingerprint density at radius 3 is 2.56 bits per heavy atom. The van der Waals surface area contributed by atoms with E-state index >= 15 is 0 Å². The molecule has 0 unspecified atom stereocenters. The zero-order valence-electron chi connectivity index (χ0n) is 10.8. The van der Waals surface area contributed by atoms with E-state index in [9.17, 15) is 9.59 Å². The van der Waals surface area contributed by atoms with Gasteiger partial charge in [-0.15, -0.1) is 0 Å². The summed E-state index contributed by atoms with van der Waals surface area (Å²) < 4.78 is 0. The van der Waals surface area contributed by atoms with Gasteiger partial charge in [0.15, 0.2) is 0 Å². The standard InChI is InChI=1S/C12H21N3O3/c1-2-14(10-3-4-10)6-5-13-12(18)15-7-9(8-15)11(16)17/h9-10H,2-8H2,1H3,(H,13,18)(H,16,17). The van der Waals surface area contributed by atoms with Crippen LogP contribution in [0.1, 0.15) is 19.8 Å². The molecule has 0 atom stereocenters. The predicted octanol–water partition coefficient (Wildman–Crippen LogP) is 0.197. The van der Waals surface area contributed by atoms with Gasteiger partial charge < -0.3 is 15.3 Å². The molecule has 1 aliphatic carbocycles. The predicted molar refractivity (Wildman–Crippen MR) is 66.4 cm³/mol. The minimum Gasteiger partial charge on any atom is -0.481 e. The number of carboxylic acids is 1. The number of amides is 2. The molecule has 2 amide bonds. The van der Waals surface area contributed by atoms with Gasteiger partial charge in [-0.3, -0.25) is 9.69 Å². The van der Waals surface area contributed by atoms with E-state index in [0.29, 0.717) is 25.7 Å². The molecule has 1 saturated carbocycles. The molecule has 2 fully saturated rings. The lowest BCUT2D eigenvalue weighted by molar-refractivity contribution is -0.146. The van der Waals surface area contributed by atoms with Crippen molar-refractivity contribution in [2.24, 2.45) is 5.92 Å². The highest BCUT2D eigenvalue weighted by Crippen LogP contribution is 2.25. The number of carbonyl (C=O) groups is 2. The molecule has 6 heteroatoms. The molecular formula is C12H21N3O3. The second-order valence-corrected chi connectivity index (χ2v) is 5.03. The summed E-state index contributed by atoms with van der Waals surface area (Å²) in [5.74, 6) is -1.20. The van der Waals surface area contributed by atoms with Crippen LogP contribution in [0.2, 0.25) is 0 Å². The monoisotopic (exact) mass is 255 g/mol. The summed E-state index contributed by atoms with van der Waals surface area (Å²) in [5.41, 5.74) is 0. The van der Waals surface area contributed by atoms with Crippen molar-refractivity contribution in [1.29, 1.82) is 0 Å². The molecule has 6 nitrogen and oxygen atoms in total. The molecule has 0 aromatic rings. The van der Waals surface area contributed by atoms with E-state index in [1.807, 2.05) is 0 Å². The average Bonchev–Trinajstić information content (AvgIpc) is 3.05. The third kappa shape index (κ3) is 3.13. The molecular weight excluding hydrogens is 234 g/mol. The van der Waals surface area contributed by atoms with E-state index in [1.165, 1.54) is 12.8 Å². The summed E-state index contributed by atoms with van der Waals surface area (Å²) >= 11 is 0. The number of hydrogen-bond acceptors (Lipinski definition) is 3. The van der Waals surface area contributed by atoms with Crippen molar-refractivity contribution in [1.82, 2.24) is 15.1 Å². The Bertz CT molecular complexity index is 325. The quantitative estimate of drug-likeness (QED) is 0.711. The molecule has 2 N–H and O–H groups in total. The van der Waals surface area contributed by atoms with E-state index in [4.69, 9.17) is 5.11 Å². The maximum Gasteiger partial charge on any atom is 0.317 e. The van der Waals surface area contributed by atoms with E-state index in [2.05, 4.69) is 17.1 Å². The van der Waals surface area contributed by atoms with Crippen molar-refractivity contribution in [2.75, 3.05) is 32.7 Å². The number of carbonyl (C=O) groups excluding carboxylic acids is 1. The van der Waals surface area contributed by atoms with Gasteiger partial charge in [0.25, 0.3) is 0 Å². The van der Waals surface area contributed by atoms with Crippen LogP contribution in [0.5, 0.6) is 0 Å². The largest absolute Gasteiger partial charge is 0.481 e. The van der Waals surface area contributed by atoms with Gasteiger partial charge in [-0.25, -0.2) is 4.79 Å². The normalized spacial score (nSPS) is 19.8. The Balaban J connectivity index is 1.59. The summed E-state index contributed by atoms with van der Waals surface area (Å²) in [6, 6.07) is 0.576. The van der Waals surface area contributed by atoms with Gasteiger partial charge in [0.05, 0.1) is 5.92 Å². The summed E-state index contributed by atoms with van der Waals surface area (Å²) in [6.45, 7) is 5.33. The highest BCUT2D eigenvalue weighted by Gasteiger charge is 2.35. The second-order valence-electron chi connectivity index (χ2n) is 5.03. The molecule has 18 heavy (non-hydrogen) atoms. The number of rotatable bonds is 6. The number of urea groups is 1. The maximum absolute atomic E-state index is 11.7. The van der Waals surface area contributed by atoms with Crippen LogP contribution in [0.15, 0.2) is 0 Å². The topological polar surface area (TPSA) is 72.9 Å². The molecule has 1 aliphatic heterocycles. The number of nitrogens with one attached hydrogen (secondary N) is 1. The van der Waals surface area contributed by atoms with Gasteiger partial charge in [-0.2, -0.15) is 0 Å². The highest BCUT2D eigenvalue weighted by molar-refractivity contribution is 5.79. The summed E-state index contributed by atoms with van der Waals surface area (Å²) in [4.78, 5) is 26.2. The van der Waals surface area contributed by atoms with Crippen molar-refractivity contribution in [3.05, 3.63) is 0 Å². The van der Waals surface area contributed by atoms with Crippen molar-refractivity contribution in [2.45, 2.75) is 25.8 Å². The maximum atomic E-state index is 11.7. The SMILES string of the molecule is CCN(CCNC(=O)N1CC(C(=O)O)C1)C1CC1. The lowest BCUT2D eigenvalue weighted by atomic mass is 10.0. The number of likely N-dealkylation sites (N-methyl/N-ethyl adjacent to an activating group) is 1. The number of likely N-dealkylation sites (tertiary alicyclic amines) is 1. The molecule has 0 spiro atoms. The Morgan fingerprint density at radius 2 is 2.06 bits per heavy atom. The third-order valence-corrected chi connectivity index (χ3v) is 3.66. The van der Waals surface area contributed by atoms with Crippen LogP contribution in [0.4, 0.5) is 4.79 Å². The van der Waals surface area contributed by atoms with Crippen LogP contribution in [-0.2, 0) is 4.79 Å². The fourth-order valence-electron chi connectivity index (χ4n) is 2.26. The van der Waals surface area contributed by atoms with E-state index in [1.54, 1.807) is 4.90 Å². The van der Waals surface area contributed by atoms with Gasteiger partial charge >= 0.3 is 12.0 Å². The lowest BCUT2D eigenvalue weighted by Crippen LogP contribution is -2.56. The first kappa shape index (κ1) is 13.1. The minimum absolute atomic E-state index is 0.139. The van der Waals surface area contributed by atoms with Crippen LogP contribution in [-0.4, -0.2) is 65.7 Å². The van der Waals surface area contributed by atoms with Gasteiger partial charge in [0.1, 0.15) is 0 Å². The zero-order valence-corrected chi connectivity index (χ0v) is 10.8. The molecule has 102 valence electrons. The minimum atomic E-state index is -0.815. The van der Waals surface area contributed by atoms with Crippen LogP contribution >= 0.6 is 0 Å². The van der Waals surface area contributed by atoms with Gasteiger partial charge in [0.2, 0.25) is 0 Å². The van der Waals surface area contributed by atoms with Crippen LogP contribution in [0.25, 0.3) is 0 Å². The van der Waals surface area contributed by atoms with Crippen molar-refractivity contribution in [3.8, 4) is 0 Å². The van der Waals surface area contributed by atoms with Crippen LogP contribution < -0.4 is 5.32 Å². The molecule has 1 heterocycles. The molecule has 0 aromatic heterocycles. The highest BCUT2D eigenvalue weighted by atomic mass is 16.4. The fraction of sp³-hybridized carbons (Fsp3) is 0.833. The van der Waals surface area contributed by atoms with E-state index < -0.39 is 5.97 Å². The first-order chi connectivity index (χ1) is 8.61. The van der Waals surface area contributed by atoms with Gasteiger partial charge in [-0.1, -0.05) is 6.92 Å². The summed E-state index contributed by atoms with van der Waals surface area (Å²) in [7, 11) is 0. The Kier molecular flexibility index (Phi) is 4.06. The lowest BCUT2D eigenvalue weighted by Gasteiger charge is -2.36. The first-order valence-corrected chi connectivity index (χ1v) is 6.61. The van der Waals surface area contributed by atoms with E-state index in [0.717, 1.165) is 13.1 Å². The number of aliphatic carboxylic acids is 1. The van der Waals surface area contributed by atoms with Gasteiger partial charge in [-0.05, 0) is 19.4 Å². The second kappa shape index (κ2) is 5.56. The molecule has 1 saturated heterocycles. The first-order valence-electron chi connectivity index (χ1n) is 6.61. The molecule has 2 aliphatic rings. The van der Waals surface area contributed by atoms with E-state index in [-0.39, 0.29) is 11.9 Å². The number of hydrogen-bond donors (Lipinski definition) is 2. The summed E-state index contributed by atoms with van der Waals surface area (Å²) in [5, 5.41) is 11.6. The number of nitrogens with zero attached hydrogens (tertiary/aromatic N) is 2. The Hall–Kier alpha value is -1.30. The smallest absolute Gasteiger partial charge is 0.317 e. The van der Waals surface area contributed by atoms with Crippen molar-refractivity contribution in [3.63, 3.8) is 0 Å². The third-order valence-electron chi connectivity index (χ3n) is 3.66. The molecule has 2 rings (SSSR count). The van der Waals surface area contributed by atoms with Gasteiger partial charge in [0, 0.05) is 32.2 Å². The summed E-state index contributed by atoms with van der Waals surface area (Å²) in [6.07, 6.45) is 2.54. The van der Waals surface area contributed by atoms with Crippen molar-refractivity contribution >= 4 is 12.0 Å². The van der Waals surface area contributed by atoms with Crippen LogP contribution in [0, 0.1) is 5.92 Å². The van der Waals surface area contributed by atoms with Crippen molar-refractivity contribution < 1.29 is 14.7 Å². The Labute approximate surface area is 107 Å². The fourth-order valence-corrected chi connectivity index (χ4v) is 2.26. The zero-order chi connectivity index (χ0) is 13.1. The molecule has 0 bridgehead atoms. The Morgan fingerprint density at radius 1 is 1.39 bits per heavy atom. The molecule has 0 aromatic carbocycles. The average molecular weight is 255 g/mol. The molecule has 0 radical (unpaired) electrons.